The highest BCUT2D eigenvalue weighted by atomic mass is 16.5. The second-order valence-corrected chi connectivity index (χ2v) is 3.38. The molecule has 0 saturated carbocycles. The summed E-state index contributed by atoms with van der Waals surface area (Å²) in [5.74, 6) is 0.484. The Bertz CT molecular complexity index is 203. The molecule has 0 radical (unpaired) electrons. The van der Waals surface area contributed by atoms with Crippen molar-refractivity contribution in [3.05, 3.63) is 23.8 Å². The lowest BCUT2D eigenvalue weighted by atomic mass is 9.81. The van der Waals surface area contributed by atoms with Crippen LogP contribution in [0.1, 0.15) is 20.8 Å². The summed E-state index contributed by atoms with van der Waals surface area (Å²) >= 11 is 0. The van der Waals surface area contributed by atoms with Crippen LogP contribution in [0, 0.1) is 5.92 Å². The molecule has 0 aromatic heterocycles. The summed E-state index contributed by atoms with van der Waals surface area (Å²) in [6.45, 7) is 6.45. The molecule has 0 aromatic rings. The fourth-order valence-corrected chi connectivity index (χ4v) is 1.38. The Balaban J connectivity index is 2.88. The SMILES string of the molecule is COC1(C)C=CC=C(C)C1C. The number of allylic oxidation sites excluding steroid dienone is 2. The van der Waals surface area contributed by atoms with E-state index < -0.39 is 0 Å². The second kappa shape index (κ2) is 2.82. The fraction of sp³-hybridized carbons (Fsp3) is 0.600. The van der Waals surface area contributed by atoms with Crippen molar-refractivity contribution in [2.75, 3.05) is 7.11 Å². The highest BCUT2D eigenvalue weighted by molar-refractivity contribution is 5.26. The molecule has 2 unspecified atom stereocenters. The maximum Gasteiger partial charge on any atom is 0.0895 e. The van der Waals surface area contributed by atoms with Gasteiger partial charge in [-0.25, -0.2) is 0 Å². The van der Waals surface area contributed by atoms with Crippen molar-refractivity contribution >= 4 is 0 Å². The molecule has 62 valence electrons. The van der Waals surface area contributed by atoms with E-state index in [1.165, 1.54) is 5.57 Å². The molecule has 2 atom stereocenters. The molecule has 0 aromatic carbocycles. The van der Waals surface area contributed by atoms with Crippen LogP contribution in [0.2, 0.25) is 0 Å². The van der Waals surface area contributed by atoms with E-state index in [2.05, 4.69) is 39.0 Å². The van der Waals surface area contributed by atoms with Gasteiger partial charge in [0.05, 0.1) is 5.60 Å². The zero-order valence-electron chi connectivity index (χ0n) is 7.72. The van der Waals surface area contributed by atoms with Gasteiger partial charge in [0.1, 0.15) is 0 Å². The molecule has 0 fully saturated rings. The molecule has 0 N–H and O–H groups in total. The topological polar surface area (TPSA) is 9.23 Å². The van der Waals surface area contributed by atoms with Crippen molar-refractivity contribution < 1.29 is 4.74 Å². The van der Waals surface area contributed by atoms with Crippen molar-refractivity contribution in [3.8, 4) is 0 Å². The molecule has 0 bridgehead atoms. The Morgan fingerprint density at radius 3 is 2.64 bits per heavy atom. The average Bonchev–Trinajstić information content (AvgIpc) is 2.00. The van der Waals surface area contributed by atoms with Crippen LogP contribution in [0.5, 0.6) is 0 Å². The molecule has 0 aliphatic heterocycles. The van der Waals surface area contributed by atoms with E-state index in [0.29, 0.717) is 5.92 Å². The summed E-state index contributed by atoms with van der Waals surface area (Å²) in [5.41, 5.74) is 1.29. The minimum absolute atomic E-state index is 0.0984. The van der Waals surface area contributed by atoms with E-state index >= 15 is 0 Å². The third-order valence-corrected chi connectivity index (χ3v) is 2.77. The van der Waals surface area contributed by atoms with Crippen molar-refractivity contribution in [2.24, 2.45) is 5.92 Å². The molecule has 1 heteroatoms. The average molecular weight is 152 g/mol. The lowest BCUT2D eigenvalue weighted by Gasteiger charge is -2.34. The third kappa shape index (κ3) is 1.38. The van der Waals surface area contributed by atoms with Crippen molar-refractivity contribution in [1.29, 1.82) is 0 Å². The Morgan fingerprint density at radius 2 is 2.18 bits per heavy atom. The predicted octanol–water partition coefficient (Wildman–Crippen LogP) is 2.54. The molecule has 1 aliphatic rings. The number of hydrogen-bond donors (Lipinski definition) is 0. The Kier molecular flexibility index (Phi) is 2.19. The van der Waals surface area contributed by atoms with Gasteiger partial charge in [0, 0.05) is 13.0 Å². The minimum atomic E-state index is -0.0984. The molecule has 0 saturated heterocycles. The van der Waals surface area contributed by atoms with Gasteiger partial charge in [-0.05, 0) is 13.8 Å². The van der Waals surface area contributed by atoms with Crippen LogP contribution in [0.25, 0.3) is 0 Å². The quantitative estimate of drug-likeness (QED) is 0.561. The van der Waals surface area contributed by atoms with Gasteiger partial charge in [-0.1, -0.05) is 30.7 Å². The van der Waals surface area contributed by atoms with Gasteiger partial charge >= 0.3 is 0 Å². The number of hydrogen-bond acceptors (Lipinski definition) is 1. The largest absolute Gasteiger partial charge is 0.374 e. The lowest BCUT2D eigenvalue weighted by Crippen LogP contribution is -2.34. The molecular formula is C10H16O. The van der Waals surface area contributed by atoms with E-state index in [4.69, 9.17) is 4.74 Å². The molecule has 1 aliphatic carbocycles. The van der Waals surface area contributed by atoms with Gasteiger partial charge in [0.25, 0.3) is 0 Å². The summed E-state index contributed by atoms with van der Waals surface area (Å²) in [5, 5.41) is 0. The first-order valence-electron chi connectivity index (χ1n) is 4.01. The normalized spacial score (nSPS) is 37.1. The lowest BCUT2D eigenvalue weighted by molar-refractivity contribution is 0.0145. The van der Waals surface area contributed by atoms with Crippen LogP contribution in [-0.2, 0) is 4.74 Å². The first-order chi connectivity index (χ1) is 5.10. The highest BCUT2D eigenvalue weighted by Crippen LogP contribution is 2.31. The molecule has 0 heterocycles. The first-order valence-corrected chi connectivity index (χ1v) is 4.01. The number of ether oxygens (including phenoxy) is 1. The van der Waals surface area contributed by atoms with E-state index in [-0.39, 0.29) is 5.60 Å². The Labute approximate surface area is 68.8 Å². The first kappa shape index (κ1) is 8.54. The van der Waals surface area contributed by atoms with Crippen LogP contribution in [-0.4, -0.2) is 12.7 Å². The van der Waals surface area contributed by atoms with Crippen molar-refractivity contribution in [1.82, 2.24) is 0 Å². The van der Waals surface area contributed by atoms with Gasteiger partial charge in [-0.15, -0.1) is 0 Å². The van der Waals surface area contributed by atoms with Gasteiger partial charge in [-0.3, -0.25) is 0 Å². The van der Waals surface area contributed by atoms with Crippen LogP contribution in [0.3, 0.4) is 0 Å². The predicted molar refractivity (Wildman–Crippen MR) is 47.5 cm³/mol. The van der Waals surface area contributed by atoms with Crippen LogP contribution < -0.4 is 0 Å². The zero-order chi connectivity index (χ0) is 8.48. The van der Waals surface area contributed by atoms with E-state index in [9.17, 15) is 0 Å². The van der Waals surface area contributed by atoms with Crippen LogP contribution >= 0.6 is 0 Å². The molecule has 11 heavy (non-hydrogen) atoms. The third-order valence-electron chi connectivity index (χ3n) is 2.77. The smallest absolute Gasteiger partial charge is 0.0895 e. The Morgan fingerprint density at radius 1 is 1.55 bits per heavy atom. The summed E-state index contributed by atoms with van der Waals surface area (Å²) in [4.78, 5) is 0. The van der Waals surface area contributed by atoms with Crippen LogP contribution in [0.4, 0.5) is 0 Å². The standard InChI is InChI=1S/C10H16O/c1-8-6-5-7-10(3,11-4)9(8)2/h5-7,9H,1-4H3. The maximum absolute atomic E-state index is 5.43. The molecule has 1 rings (SSSR count). The zero-order valence-corrected chi connectivity index (χ0v) is 7.72. The number of methoxy groups -OCH3 is 1. The van der Waals surface area contributed by atoms with Crippen molar-refractivity contribution in [2.45, 2.75) is 26.4 Å². The van der Waals surface area contributed by atoms with Gasteiger partial charge in [-0.2, -0.15) is 0 Å². The van der Waals surface area contributed by atoms with Gasteiger partial charge in [0.2, 0.25) is 0 Å². The molecule has 1 nitrogen and oxygen atoms in total. The molecule has 0 spiro atoms. The van der Waals surface area contributed by atoms with E-state index in [0.717, 1.165) is 0 Å². The second-order valence-electron chi connectivity index (χ2n) is 3.38. The summed E-state index contributed by atoms with van der Waals surface area (Å²) in [6.07, 6.45) is 6.33. The highest BCUT2D eigenvalue weighted by Gasteiger charge is 2.30. The maximum atomic E-state index is 5.43. The number of rotatable bonds is 1. The molecular weight excluding hydrogens is 136 g/mol. The van der Waals surface area contributed by atoms with E-state index in [1.54, 1.807) is 7.11 Å². The van der Waals surface area contributed by atoms with Gasteiger partial charge < -0.3 is 4.74 Å². The van der Waals surface area contributed by atoms with Gasteiger partial charge in [0.15, 0.2) is 0 Å². The fourth-order valence-electron chi connectivity index (χ4n) is 1.38. The summed E-state index contributed by atoms with van der Waals surface area (Å²) < 4.78 is 5.43. The van der Waals surface area contributed by atoms with E-state index in [1.807, 2.05) is 0 Å². The monoisotopic (exact) mass is 152 g/mol. The summed E-state index contributed by atoms with van der Waals surface area (Å²) in [6, 6.07) is 0. The Hall–Kier alpha value is -0.560. The summed E-state index contributed by atoms with van der Waals surface area (Å²) in [7, 11) is 1.76. The van der Waals surface area contributed by atoms with Crippen molar-refractivity contribution in [3.63, 3.8) is 0 Å². The molecule has 0 amide bonds. The minimum Gasteiger partial charge on any atom is -0.374 e. The van der Waals surface area contributed by atoms with Crippen LogP contribution in [0.15, 0.2) is 23.8 Å².